The van der Waals surface area contributed by atoms with E-state index in [1.54, 1.807) is 78.5 Å². The van der Waals surface area contributed by atoms with Gasteiger partial charge in [-0.3, -0.25) is 0 Å². The number of sulfonamides is 2. The van der Waals surface area contributed by atoms with Gasteiger partial charge in [-0.15, -0.1) is 5.10 Å². The molecule has 8 rings (SSSR count). The van der Waals surface area contributed by atoms with Gasteiger partial charge in [0.2, 0.25) is 20.0 Å². The molecule has 22 heteroatoms. The van der Waals surface area contributed by atoms with Crippen molar-refractivity contribution in [3.63, 3.8) is 0 Å². The number of aromatic nitrogens is 7. The lowest BCUT2D eigenvalue weighted by Crippen LogP contribution is -2.40. The highest BCUT2D eigenvalue weighted by atomic mass is 32.2. The molecule has 1 amide bonds. The summed E-state index contributed by atoms with van der Waals surface area (Å²) in [7, 11) is -5.03. The molecule has 2 N–H and O–H groups in total. The number of tetrazole rings is 1. The van der Waals surface area contributed by atoms with Crippen molar-refractivity contribution in [3.05, 3.63) is 114 Å². The summed E-state index contributed by atoms with van der Waals surface area (Å²) < 4.78 is 85.0. The summed E-state index contributed by atoms with van der Waals surface area (Å²) in [6.45, 7) is 0.615. The molecule has 330 valence electrons. The van der Waals surface area contributed by atoms with Crippen molar-refractivity contribution in [1.29, 1.82) is 0 Å². The topological polar surface area (TPSA) is 229 Å². The second kappa shape index (κ2) is 18.0. The van der Waals surface area contributed by atoms with Gasteiger partial charge < -0.3 is 29.1 Å². The summed E-state index contributed by atoms with van der Waals surface area (Å²) >= 11 is 0. The molecule has 4 aromatic carbocycles. The maximum atomic E-state index is 16.0. The van der Waals surface area contributed by atoms with Crippen molar-refractivity contribution in [2.45, 2.75) is 55.0 Å². The first-order valence-electron chi connectivity index (χ1n) is 19.8. The van der Waals surface area contributed by atoms with E-state index in [2.05, 4.69) is 30.3 Å². The zero-order valence-electron chi connectivity index (χ0n) is 34.6. The average molecular weight is 900 g/mol. The van der Waals surface area contributed by atoms with E-state index in [1.165, 1.54) is 35.6 Å². The normalized spacial score (nSPS) is 15.4. The number of hydrogen-bond acceptors (Lipinski definition) is 14. The Morgan fingerprint density at radius 3 is 1.98 bits per heavy atom. The predicted molar refractivity (Wildman–Crippen MR) is 227 cm³/mol. The molecule has 0 radical (unpaired) electrons. The van der Waals surface area contributed by atoms with Gasteiger partial charge in [-0.2, -0.15) is 9.40 Å². The number of methoxy groups -OCH3 is 3. The van der Waals surface area contributed by atoms with Crippen LogP contribution in [0, 0.1) is 0 Å². The van der Waals surface area contributed by atoms with Crippen molar-refractivity contribution < 1.29 is 40.9 Å². The third kappa shape index (κ3) is 9.14. The van der Waals surface area contributed by atoms with Gasteiger partial charge >= 0.3 is 6.09 Å². The van der Waals surface area contributed by atoms with Gasteiger partial charge in [-0.1, -0.05) is 36.4 Å². The molecule has 0 aliphatic carbocycles. The van der Waals surface area contributed by atoms with Crippen LogP contribution in [0.4, 0.5) is 10.5 Å². The smallest absolute Gasteiger partial charge is 0.407 e. The third-order valence-corrected chi connectivity index (χ3v) is 14.6. The molecular formula is C41H45N11O9S2. The number of carboxylic acid groups (broad SMARTS) is 1. The van der Waals surface area contributed by atoms with E-state index in [0.717, 1.165) is 10.5 Å². The van der Waals surface area contributed by atoms with Crippen molar-refractivity contribution in [1.82, 2.24) is 48.9 Å². The summed E-state index contributed by atoms with van der Waals surface area (Å²) in [6.07, 6.45) is 0.422. The third-order valence-electron chi connectivity index (χ3n) is 11.0. The molecule has 20 nitrogen and oxygen atoms in total. The van der Waals surface area contributed by atoms with Gasteiger partial charge in [-0.25, -0.2) is 40.7 Å². The fraction of sp³-hybridized carbons (Fsp3) is 0.317. The fourth-order valence-corrected chi connectivity index (χ4v) is 11.4. The zero-order valence-corrected chi connectivity index (χ0v) is 36.2. The lowest BCUT2D eigenvalue weighted by molar-refractivity contribution is 0.155. The number of ether oxygens (including phenoxy) is 3. The first-order valence-corrected chi connectivity index (χ1v) is 22.7. The van der Waals surface area contributed by atoms with E-state index < -0.39 is 42.0 Å². The van der Waals surface area contributed by atoms with Crippen molar-refractivity contribution >= 4 is 31.8 Å². The van der Waals surface area contributed by atoms with Gasteiger partial charge in [0, 0.05) is 44.5 Å². The molecule has 2 aliphatic rings. The number of anilines is 1. The number of amides is 1. The summed E-state index contributed by atoms with van der Waals surface area (Å²) in [5, 5.41) is 26.7. The Balaban J connectivity index is 1.36. The fourth-order valence-electron chi connectivity index (χ4n) is 7.70. The highest BCUT2D eigenvalue weighted by Gasteiger charge is 2.40. The average Bonchev–Trinajstić information content (AvgIpc) is 4.08. The number of nitrogens with zero attached hydrogens (tertiary/aromatic N) is 10. The van der Waals surface area contributed by atoms with Gasteiger partial charge in [0.05, 0.1) is 46.5 Å². The molecule has 63 heavy (non-hydrogen) atoms. The van der Waals surface area contributed by atoms with Crippen molar-refractivity contribution in [2.24, 2.45) is 0 Å². The van der Waals surface area contributed by atoms with Crippen LogP contribution in [-0.2, 0) is 52.8 Å². The molecule has 0 saturated carbocycles. The lowest BCUT2D eigenvalue weighted by Gasteiger charge is -2.32. The molecule has 2 aromatic heterocycles. The number of hydrogen-bond donors (Lipinski definition) is 2. The van der Waals surface area contributed by atoms with Crippen LogP contribution in [0.5, 0.6) is 17.2 Å². The Bertz CT molecular complexity index is 2750. The van der Waals surface area contributed by atoms with Gasteiger partial charge in [0.15, 0.2) is 5.82 Å². The van der Waals surface area contributed by atoms with Crippen LogP contribution >= 0.6 is 0 Å². The number of carbonyl (C=O) groups is 1. The summed E-state index contributed by atoms with van der Waals surface area (Å²) in [6, 6.07) is 23.0. The van der Waals surface area contributed by atoms with Crippen LogP contribution in [0.3, 0.4) is 0 Å². The van der Waals surface area contributed by atoms with Crippen LogP contribution in [0.15, 0.2) is 101 Å². The van der Waals surface area contributed by atoms with E-state index in [1.807, 2.05) is 17.0 Å². The van der Waals surface area contributed by atoms with Crippen molar-refractivity contribution in [2.75, 3.05) is 45.9 Å². The van der Waals surface area contributed by atoms with Crippen LogP contribution in [0.2, 0.25) is 0 Å². The van der Waals surface area contributed by atoms with Crippen LogP contribution in [0.25, 0.3) is 11.4 Å². The molecule has 0 bridgehead atoms. The molecule has 6 aromatic rings. The van der Waals surface area contributed by atoms with E-state index in [-0.39, 0.29) is 57.1 Å². The molecule has 0 spiro atoms. The lowest BCUT2D eigenvalue weighted by atomic mass is 10.1. The zero-order chi connectivity index (χ0) is 44.3. The highest BCUT2D eigenvalue weighted by molar-refractivity contribution is 7.92. The maximum absolute atomic E-state index is 16.0. The number of fused-ring (bicyclic) bond motifs is 1. The van der Waals surface area contributed by atoms with Crippen LogP contribution in [0.1, 0.15) is 28.9 Å². The largest absolute Gasteiger partial charge is 0.497 e. The quantitative estimate of drug-likeness (QED) is 0.142. The predicted octanol–water partition coefficient (Wildman–Crippen LogP) is 3.45. The Kier molecular flexibility index (Phi) is 12.3. The highest BCUT2D eigenvalue weighted by Crippen LogP contribution is 2.43. The van der Waals surface area contributed by atoms with Gasteiger partial charge in [-0.05, 0) is 82.1 Å². The number of benzene rings is 4. The first kappa shape index (κ1) is 43.0. The molecule has 1 fully saturated rings. The molecule has 1 saturated heterocycles. The SMILES string of the molecule is COc1ccc(CN(Cc2ccc(OC)cc2)S(=O)(=O)c2c(S(=O)(=O)N[C@@H]3CCN(C(=O)O)C3)ccc(N3CCn4ncnc4C3)c2-c2nnnn2Cc2ccc(OC)cc2)cc1. The second-order valence-electron chi connectivity index (χ2n) is 14.9. The molecule has 2 aliphatic heterocycles. The minimum absolute atomic E-state index is 0.0183. The van der Waals surface area contributed by atoms with E-state index >= 15 is 8.42 Å². The van der Waals surface area contributed by atoms with Crippen molar-refractivity contribution in [3.8, 4) is 28.6 Å². The summed E-state index contributed by atoms with van der Waals surface area (Å²) in [5.74, 6) is 2.34. The monoisotopic (exact) mass is 899 g/mol. The van der Waals surface area contributed by atoms with E-state index in [0.29, 0.717) is 53.0 Å². The summed E-state index contributed by atoms with van der Waals surface area (Å²) in [5.41, 5.74) is 2.20. The van der Waals surface area contributed by atoms with E-state index in [4.69, 9.17) is 14.2 Å². The summed E-state index contributed by atoms with van der Waals surface area (Å²) in [4.78, 5) is 18.1. The van der Waals surface area contributed by atoms with E-state index in [9.17, 15) is 18.3 Å². The van der Waals surface area contributed by atoms with Crippen LogP contribution in [-0.4, -0.2) is 119 Å². The van der Waals surface area contributed by atoms with Gasteiger partial charge in [0.1, 0.15) is 39.2 Å². The minimum atomic E-state index is -4.90. The second-order valence-corrected chi connectivity index (χ2v) is 18.5. The maximum Gasteiger partial charge on any atom is 0.407 e. The number of rotatable bonds is 16. The standard InChI is InChI=1S/C41H45N11O9S2/c1-59-32-10-4-28(5-11-32)22-50(23-29-6-12-33(60-2)13-7-29)63(57,58)39-36(62(55,56)45-31-18-19-49(25-31)41(53)54)17-16-35(48-20-21-51-37(26-48)42-27-43-51)38(39)40-44-46-47-52(40)24-30-8-14-34(61-3)15-9-30/h4-17,27,31,45H,18-26H2,1-3H3,(H,53,54)/t31-/m1/s1. The molecular weight excluding hydrogens is 855 g/mol. The van der Waals surface area contributed by atoms with Gasteiger partial charge in [0.25, 0.3) is 0 Å². The first-order chi connectivity index (χ1) is 30.4. The molecule has 0 unspecified atom stereocenters. The Hall–Kier alpha value is -6.62. The minimum Gasteiger partial charge on any atom is -0.497 e. The van der Waals surface area contributed by atoms with Crippen LogP contribution < -0.4 is 23.8 Å². The Morgan fingerprint density at radius 2 is 1.41 bits per heavy atom. The molecule has 4 heterocycles. The number of nitrogens with one attached hydrogen (secondary N) is 1. The number of likely N-dealkylation sites (tertiary alicyclic amines) is 1. The molecule has 1 atom stereocenters. The Labute approximate surface area is 363 Å². The Morgan fingerprint density at radius 1 is 0.810 bits per heavy atom.